The first-order valence-corrected chi connectivity index (χ1v) is 8.15. The molecule has 2 fully saturated rings. The van der Waals surface area contributed by atoms with Crippen LogP contribution >= 0.6 is 0 Å². The zero-order chi connectivity index (χ0) is 13.0. The van der Waals surface area contributed by atoms with E-state index in [-0.39, 0.29) is 0 Å². The lowest BCUT2D eigenvalue weighted by molar-refractivity contribution is 0.0387. The van der Waals surface area contributed by atoms with Gasteiger partial charge < -0.3 is 5.73 Å². The first-order chi connectivity index (χ1) is 8.70. The predicted molar refractivity (Wildman–Crippen MR) is 78.6 cm³/mol. The molecule has 3 unspecified atom stereocenters. The molecule has 2 nitrogen and oxygen atoms in total. The van der Waals surface area contributed by atoms with Gasteiger partial charge in [0.25, 0.3) is 0 Å². The van der Waals surface area contributed by atoms with Gasteiger partial charge in [-0.05, 0) is 50.5 Å². The minimum Gasteiger partial charge on any atom is -0.329 e. The van der Waals surface area contributed by atoms with E-state index in [1.807, 2.05) is 0 Å². The zero-order valence-corrected chi connectivity index (χ0v) is 12.5. The zero-order valence-electron chi connectivity index (χ0n) is 12.5. The molecular formula is C16H32N2. The number of likely N-dealkylation sites (tertiary alicyclic amines) is 1. The molecule has 1 saturated heterocycles. The molecule has 0 bridgehead atoms. The fraction of sp³-hybridized carbons (Fsp3) is 1.00. The maximum atomic E-state index is 6.23. The Bertz CT molecular complexity index is 253. The SMILES string of the molecule is CCC1CCCC(CN)(N2CCCC(C)C2)CC1. The van der Waals surface area contributed by atoms with Crippen LogP contribution in [0.2, 0.25) is 0 Å². The number of hydrogen-bond donors (Lipinski definition) is 1. The first kappa shape index (κ1) is 14.3. The van der Waals surface area contributed by atoms with Gasteiger partial charge in [-0.3, -0.25) is 4.90 Å². The molecule has 2 heteroatoms. The average molecular weight is 252 g/mol. The lowest BCUT2D eigenvalue weighted by Crippen LogP contribution is -2.56. The Hall–Kier alpha value is -0.0800. The molecule has 1 saturated carbocycles. The summed E-state index contributed by atoms with van der Waals surface area (Å²) in [6, 6.07) is 0. The standard InChI is InChI=1S/C16H32N2/c1-3-15-7-4-9-16(13-17,10-8-15)18-11-5-6-14(2)12-18/h14-15H,3-13,17H2,1-2H3. The van der Waals surface area contributed by atoms with Gasteiger partial charge in [-0.15, -0.1) is 0 Å². The monoisotopic (exact) mass is 252 g/mol. The second-order valence-electron chi connectivity index (χ2n) is 6.83. The van der Waals surface area contributed by atoms with E-state index in [0.29, 0.717) is 5.54 Å². The van der Waals surface area contributed by atoms with Crippen molar-refractivity contribution in [1.29, 1.82) is 0 Å². The summed E-state index contributed by atoms with van der Waals surface area (Å²) in [7, 11) is 0. The summed E-state index contributed by atoms with van der Waals surface area (Å²) in [5, 5.41) is 0. The van der Waals surface area contributed by atoms with E-state index >= 15 is 0 Å². The highest BCUT2D eigenvalue weighted by atomic mass is 15.2. The van der Waals surface area contributed by atoms with Gasteiger partial charge in [-0.2, -0.15) is 0 Å². The Morgan fingerprint density at radius 2 is 2.00 bits per heavy atom. The summed E-state index contributed by atoms with van der Waals surface area (Å²) >= 11 is 0. The van der Waals surface area contributed by atoms with Gasteiger partial charge in [0.1, 0.15) is 0 Å². The molecule has 0 aromatic rings. The largest absolute Gasteiger partial charge is 0.329 e. The van der Waals surface area contributed by atoms with Crippen molar-refractivity contribution < 1.29 is 0 Å². The molecule has 2 aliphatic rings. The molecule has 1 aliphatic heterocycles. The minimum atomic E-state index is 0.346. The second kappa shape index (κ2) is 6.38. The quantitative estimate of drug-likeness (QED) is 0.780. The van der Waals surface area contributed by atoms with Crippen LogP contribution in [0.5, 0.6) is 0 Å². The summed E-state index contributed by atoms with van der Waals surface area (Å²) < 4.78 is 0. The van der Waals surface area contributed by atoms with Crippen molar-refractivity contribution in [1.82, 2.24) is 4.90 Å². The number of nitrogens with zero attached hydrogens (tertiary/aromatic N) is 1. The molecule has 3 atom stereocenters. The van der Waals surface area contributed by atoms with Crippen LogP contribution < -0.4 is 5.73 Å². The molecule has 1 heterocycles. The molecule has 0 radical (unpaired) electrons. The fourth-order valence-electron chi connectivity index (χ4n) is 4.14. The average Bonchev–Trinajstić information content (AvgIpc) is 2.61. The Morgan fingerprint density at radius 1 is 1.17 bits per heavy atom. The van der Waals surface area contributed by atoms with E-state index in [1.165, 1.54) is 64.5 Å². The van der Waals surface area contributed by atoms with Crippen molar-refractivity contribution in [3.63, 3.8) is 0 Å². The van der Waals surface area contributed by atoms with E-state index in [1.54, 1.807) is 0 Å². The summed E-state index contributed by atoms with van der Waals surface area (Å²) in [4.78, 5) is 2.76. The number of nitrogens with two attached hydrogens (primary N) is 1. The smallest absolute Gasteiger partial charge is 0.0331 e. The molecule has 18 heavy (non-hydrogen) atoms. The van der Waals surface area contributed by atoms with Crippen LogP contribution in [0.4, 0.5) is 0 Å². The summed E-state index contributed by atoms with van der Waals surface area (Å²) in [5.41, 5.74) is 6.58. The number of hydrogen-bond acceptors (Lipinski definition) is 2. The van der Waals surface area contributed by atoms with Crippen LogP contribution in [-0.2, 0) is 0 Å². The molecule has 0 amide bonds. The van der Waals surface area contributed by atoms with Crippen LogP contribution in [0, 0.1) is 11.8 Å². The summed E-state index contributed by atoms with van der Waals surface area (Å²) in [6.45, 7) is 8.20. The van der Waals surface area contributed by atoms with Gasteiger partial charge >= 0.3 is 0 Å². The van der Waals surface area contributed by atoms with Crippen LogP contribution in [0.25, 0.3) is 0 Å². The fourth-order valence-corrected chi connectivity index (χ4v) is 4.14. The second-order valence-corrected chi connectivity index (χ2v) is 6.83. The van der Waals surface area contributed by atoms with Crippen molar-refractivity contribution in [2.45, 2.75) is 70.8 Å². The molecule has 2 N–H and O–H groups in total. The summed E-state index contributed by atoms with van der Waals surface area (Å²) in [5.74, 6) is 1.83. The van der Waals surface area contributed by atoms with E-state index in [0.717, 1.165) is 18.4 Å². The van der Waals surface area contributed by atoms with Crippen molar-refractivity contribution in [2.24, 2.45) is 17.6 Å². The summed E-state index contributed by atoms with van der Waals surface area (Å²) in [6.07, 6.45) is 11.0. The predicted octanol–water partition coefficient (Wildman–Crippen LogP) is 3.41. The van der Waals surface area contributed by atoms with E-state index in [9.17, 15) is 0 Å². The van der Waals surface area contributed by atoms with E-state index in [4.69, 9.17) is 5.73 Å². The molecule has 0 spiro atoms. The van der Waals surface area contributed by atoms with Crippen LogP contribution in [0.1, 0.15) is 65.2 Å². The Balaban J connectivity index is 2.04. The Labute approximate surface area is 113 Å². The third-order valence-electron chi connectivity index (χ3n) is 5.56. The van der Waals surface area contributed by atoms with Gasteiger partial charge in [-0.25, -0.2) is 0 Å². The maximum absolute atomic E-state index is 6.23. The number of piperidine rings is 1. The Kier molecular flexibility index (Phi) is 5.08. The van der Waals surface area contributed by atoms with Crippen LogP contribution in [-0.4, -0.2) is 30.1 Å². The highest BCUT2D eigenvalue weighted by Crippen LogP contribution is 2.37. The highest BCUT2D eigenvalue weighted by molar-refractivity contribution is 4.95. The van der Waals surface area contributed by atoms with Gasteiger partial charge in [0.05, 0.1) is 0 Å². The normalized spacial score (nSPS) is 39.5. The van der Waals surface area contributed by atoms with Gasteiger partial charge in [0.2, 0.25) is 0 Å². The molecular weight excluding hydrogens is 220 g/mol. The third kappa shape index (κ3) is 3.08. The topological polar surface area (TPSA) is 29.3 Å². The maximum Gasteiger partial charge on any atom is 0.0331 e. The molecule has 2 rings (SSSR count). The number of rotatable bonds is 3. The molecule has 1 aliphatic carbocycles. The third-order valence-corrected chi connectivity index (χ3v) is 5.56. The van der Waals surface area contributed by atoms with Gasteiger partial charge in [0.15, 0.2) is 0 Å². The van der Waals surface area contributed by atoms with Gasteiger partial charge in [-0.1, -0.05) is 33.1 Å². The molecule has 0 aromatic carbocycles. The van der Waals surface area contributed by atoms with Crippen LogP contribution in [0.15, 0.2) is 0 Å². The Morgan fingerprint density at radius 3 is 2.67 bits per heavy atom. The van der Waals surface area contributed by atoms with Crippen molar-refractivity contribution in [3.8, 4) is 0 Å². The highest BCUT2D eigenvalue weighted by Gasteiger charge is 2.38. The van der Waals surface area contributed by atoms with Crippen molar-refractivity contribution in [3.05, 3.63) is 0 Å². The molecule has 0 aromatic heterocycles. The lowest BCUT2D eigenvalue weighted by atomic mass is 9.84. The minimum absolute atomic E-state index is 0.346. The van der Waals surface area contributed by atoms with Gasteiger partial charge in [0, 0.05) is 18.6 Å². The first-order valence-electron chi connectivity index (χ1n) is 8.15. The van der Waals surface area contributed by atoms with Crippen molar-refractivity contribution in [2.75, 3.05) is 19.6 Å². The van der Waals surface area contributed by atoms with E-state index in [2.05, 4.69) is 18.7 Å². The van der Waals surface area contributed by atoms with Crippen molar-refractivity contribution >= 4 is 0 Å². The van der Waals surface area contributed by atoms with E-state index < -0.39 is 0 Å². The molecule has 106 valence electrons. The lowest BCUT2D eigenvalue weighted by Gasteiger charge is -2.47. The van der Waals surface area contributed by atoms with Crippen LogP contribution in [0.3, 0.4) is 0 Å².